The number of rotatable bonds is 8. The van der Waals surface area contributed by atoms with Gasteiger partial charge in [0.25, 0.3) is 5.69 Å². The van der Waals surface area contributed by atoms with E-state index >= 15 is 0 Å². The second-order valence-corrected chi connectivity index (χ2v) is 5.87. The van der Waals surface area contributed by atoms with E-state index in [1.54, 1.807) is 18.2 Å². The molecule has 116 valence electrons. The van der Waals surface area contributed by atoms with Gasteiger partial charge in [-0.25, -0.2) is 0 Å². The van der Waals surface area contributed by atoms with Gasteiger partial charge in [-0.1, -0.05) is 32.0 Å². The highest BCUT2D eigenvalue weighted by molar-refractivity contribution is 5.76. The number of carbonyl (C=O) groups is 1. The lowest BCUT2D eigenvalue weighted by Gasteiger charge is -2.23. The van der Waals surface area contributed by atoms with Crippen LogP contribution in [0.4, 0.5) is 5.69 Å². The molecule has 0 atom stereocenters. The van der Waals surface area contributed by atoms with E-state index in [0.717, 1.165) is 12.8 Å². The van der Waals surface area contributed by atoms with Crippen molar-refractivity contribution in [3.8, 4) is 0 Å². The predicted molar refractivity (Wildman–Crippen MR) is 81.6 cm³/mol. The van der Waals surface area contributed by atoms with E-state index in [0.29, 0.717) is 18.5 Å². The molecule has 1 rings (SSSR count). The third-order valence-corrected chi connectivity index (χ3v) is 3.51. The molecule has 0 saturated carbocycles. The monoisotopic (exact) mass is 293 g/mol. The van der Waals surface area contributed by atoms with Crippen molar-refractivity contribution in [2.24, 2.45) is 11.1 Å². The fourth-order valence-electron chi connectivity index (χ4n) is 2.09. The van der Waals surface area contributed by atoms with Crippen LogP contribution in [0.15, 0.2) is 24.3 Å². The quantitative estimate of drug-likeness (QED) is 0.568. The third-order valence-electron chi connectivity index (χ3n) is 3.51. The number of nitrogens with zero attached hydrogens (tertiary/aromatic N) is 1. The Kier molecular flexibility index (Phi) is 6.30. The summed E-state index contributed by atoms with van der Waals surface area (Å²) in [5.74, 6) is -0.0988. The molecule has 3 N–H and O–H groups in total. The predicted octanol–water partition coefficient (Wildman–Crippen LogP) is 2.37. The summed E-state index contributed by atoms with van der Waals surface area (Å²) < 4.78 is 0. The van der Waals surface area contributed by atoms with Gasteiger partial charge in [0.1, 0.15) is 0 Å². The first-order valence-corrected chi connectivity index (χ1v) is 7.05. The first kappa shape index (κ1) is 17.1. The Hall–Kier alpha value is -1.95. The van der Waals surface area contributed by atoms with Gasteiger partial charge < -0.3 is 11.1 Å². The van der Waals surface area contributed by atoms with Gasteiger partial charge in [0, 0.05) is 24.6 Å². The van der Waals surface area contributed by atoms with Crippen LogP contribution < -0.4 is 11.1 Å². The summed E-state index contributed by atoms with van der Waals surface area (Å²) in [4.78, 5) is 22.3. The number of hydrogen-bond donors (Lipinski definition) is 2. The van der Waals surface area contributed by atoms with Crippen LogP contribution in [0.2, 0.25) is 0 Å². The lowest BCUT2D eigenvalue weighted by Crippen LogP contribution is -2.26. The number of nitrogens with two attached hydrogens (primary N) is 1. The molecule has 1 amide bonds. The Labute approximate surface area is 124 Å². The molecule has 0 bridgehead atoms. The number of benzene rings is 1. The fraction of sp³-hybridized carbons (Fsp3) is 0.533. The number of nitro groups is 1. The van der Waals surface area contributed by atoms with Crippen LogP contribution in [0.3, 0.4) is 0 Å². The molecule has 0 spiro atoms. The van der Waals surface area contributed by atoms with Crippen molar-refractivity contribution in [3.63, 3.8) is 0 Å². The molecule has 0 fully saturated rings. The molecule has 6 nitrogen and oxygen atoms in total. The van der Waals surface area contributed by atoms with Crippen LogP contribution in [-0.2, 0) is 11.3 Å². The normalized spacial score (nSPS) is 11.2. The number of para-hydroxylation sites is 1. The summed E-state index contributed by atoms with van der Waals surface area (Å²) in [5, 5.41) is 13.6. The molecule has 0 heterocycles. The molecule has 0 aliphatic carbocycles. The van der Waals surface area contributed by atoms with Gasteiger partial charge in [0.15, 0.2) is 0 Å². The largest absolute Gasteiger partial charge is 0.352 e. The molecule has 1 aromatic rings. The zero-order valence-corrected chi connectivity index (χ0v) is 12.6. The van der Waals surface area contributed by atoms with Gasteiger partial charge in [0.05, 0.1) is 4.92 Å². The Bertz CT molecular complexity index is 501. The summed E-state index contributed by atoms with van der Waals surface area (Å²) in [7, 11) is 0. The fourth-order valence-corrected chi connectivity index (χ4v) is 2.09. The van der Waals surface area contributed by atoms with Crippen molar-refractivity contribution in [3.05, 3.63) is 39.9 Å². The van der Waals surface area contributed by atoms with Gasteiger partial charge in [-0.3, -0.25) is 14.9 Å². The van der Waals surface area contributed by atoms with E-state index in [1.165, 1.54) is 6.07 Å². The van der Waals surface area contributed by atoms with E-state index in [1.807, 2.05) is 0 Å². The molecule has 0 unspecified atom stereocenters. The van der Waals surface area contributed by atoms with Crippen LogP contribution in [0.5, 0.6) is 0 Å². The minimum atomic E-state index is -0.439. The summed E-state index contributed by atoms with van der Waals surface area (Å²) in [6.07, 6.45) is 2.00. The molecule has 0 aromatic heterocycles. The molecule has 6 heteroatoms. The minimum absolute atomic E-state index is 0.0289. The van der Waals surface area contributed by atoms with Crippen LogP contribution in [0.25, 0.3) is 0 Å². The Morgan fingerprint density at radius 1 is 1.33 bits per heavy atom. The van der Waals surface area contributed by atoms with Crippen molar-refractivity contribution in [1.29, 1.82) is 0 Å². The summed E-state index contributed by atoms with van der Waals surface area (Å²) in [5.41, 5.74) is 6.11. The van der Waals surface area contributed by atoms with Crippen LogP contribution >= 0.6 is 0 Å². The van der Waals surface area contributed by atoms with Crippen LogP contribution in [0.1, 0.15) is 38.7 Å². The SMILES string of the molecule is CC(C)(CCN)CCC(=O)NCc1ccccc1[N+](=O)[O-]. The van der Waals surface area contributed by atoms with Crippen molar-refractivity contribution in [2.45, 2.75) is 39.7 Å². The molecule has 21 heavy (non-hydrogen) atoms. The van der Waals surface area contributed by atoms with Gasteiger partial charge >= 0.3 is 0 Å². The maximum absolute atomic E-state index is 11.8. The maximum Gasteiger partial charge on any atom is 0.274 e. The first-order valence-electron chi connectivity index (χ1n) is 7.05. The highest BCUT2D eigenvalue weighted by atomic mass is 16.6. The topological polar surface area (TPSA) is 98.3 Å². The van der Waals surface area contributed by atoms with Gasteiger partial charge in [-0.2, -0.15) is 0 Å². The van der Waals surface area contributed by atoms with E-state index in [9.17, 15) is 14.9 Å². The number of carbonyl (C=O) groups excluding carboxylic acids is 1. The molecular formula is C15H23N3O3. The van der Waals surface area contributed by atoms with Crippen LogP contribution in [0, 0.1) is 15.5 Å². The van der Waals surface area contributed by atoms with Gasteiger partial charge in [0.2, 0.25) is 5.91 Å². The molecular weight excluding hydrogens is 270 g/mol. The zero-order chi connectivity index (χ0) is 15.9. The average Bonchev–Trinajstić information content (AvgIpc) is 2.43. The lowest BCUT2D eigenvalue weighted by molar-refractivity contribution is -0.385. The van der Waals surface area contributed by atoms with E-state index in [2.05, 4.69) is 19.2 Å². The van der Waals surface area contributed by atoms with Gasteiger partial charge in [-0.05, 0) is 24.8 Å². The Morgan fingerprint density at radius 3 is 2.62 bits per heavy atom. The number of hydrogen-bond acceptors (Lipinski definition) is 4. The first-order chi connectivity index (χ1) is 9.85. The average molecular weight is 293 g/mol. The van der Waals surface area contributed by atoms with Crippen molar-refractivity contribution < 1.29 is 9.72 Å². The number of nitrogens with one attached hydrogen (secondary N) is 1. The molecule has 0 aliphatic rings. The lowest BCUT2D eigenvalue weighted by atomic mass is 9.84. The maximum atomic E-state index is 11.8. The summed E-state index contributed by atoms with van der Waals surface area (Å²) in [6.45, 7) is 4.93. The highest BCUT2D eigenvalue weighted by Gasteiger charge is 2.19. The zero-order valence-electron chi connectivity index (χ0n) is 12.6. The van der Waals surface area contributed by atoms with Crippen molar-refractivity contribution in [2.75, 3.05) is 6.54 Å². The summed E-state index contributed by atoms with van der Waals surface area (Å²) in [6, 6.07) is 6.42. The standard InChI is InChI=1S/C15H23N3O3/c1-15(2,9-10-16)8-7-14(19)17-11-12-5-3-4-6-13(12)18(20)21/h3-6H,7-11,16H2,1-2H3,(H,17,19). The van der Waals surface area contributed by atoms with Crippen LogP contribution in [-0.4, -0.2) is 17.4 Å². The van der Waals surface area contributed by atoms with Crippen molar-refractivity contribution >= 4 is 11.6 Å². The molecule has 0 aliphatic heterocycles. The van der Waals surface area contributed by atoms with Gasteiger partial charge in [-0.15, -0.1) is 0 Å². The smallest absolute Gasteiger partial charge is 0.274 e. The van der Waals surface area contributed by atoms with E-state index in [4.69, 9.17) is 5.73 Å². The minimum Gasteiger partial charge on any atom is -0.352 e. The number of nitro benzene ring substituents is 1. The Balaban J connectivity index is 2.49. The van der Waals surface area contributed by atoms with E-state index in [-0.39, 0.29) is 23.6 Å². The molecule has 0 radical (unpaired) electrons. The van der Waals surface area contributed by atoms with Crippen molar-refractivity contribution in [1.82, 2.24) is 5.32 Å². The highest BCUT2D eigenvalue weighted by Crippen LogP contribution is 2.25. The second kappa shape index (κ2) is 7.73. The summed E-state index contributed by atoms with van der Waals surface area (Å²) >= 11 is 0. The Morgan fingerprint density at radius 2 is 2.00 bits per heavy atom. The molecule has 1 aromatic carbocycles. The molecule has 0 saturated heterocycles. The van der Waals surface area contributed by atoms with E-state index < -0.39 is 4.92 Å². The second-order valence-electron chi connectivity index (χ2n) is 5.87. The third kappa shape index (κ3) is 5.91. The number of amides is 1.